The highest BCUT2D eigenvalue weighted by Crippen LogP contribution is 2.27. The average Bonchev–Trinajstić information content (AvgIpc) is 3.36. The van der Waals surface area contributed by atoms with Gasteiger partial charge < -0.3 is 10.6 Å². The molecule has 0 bridgehead atoms. The van der Waals surface area contributed by atoms with Crippen LogP contribution >= 0.6 is 0 Å². The van der Waals surface area contributed by atoms with Gasteiger partial charge in [-0.2, -0.15) is 0 Å². The number of sulfonamides is 1. The molecule has 0 saturated heterocycles. The van der Waals surface area contributed by atoms with E-state index in [2.05, 4.69) is 15.4 Å². The lowest BCUT2D eigenvalue weighted by molar-refractivity contribution is -0.115. The molecule has 23 heavy (non-hydrogen) atoms. The minimum atomic E-state index is -3.52. The van der Waals surface area contributed by atoms with Crippen LogP contribution < -0.4 is 15.4 Å². The second-order valence-electron chi connectivity index (χ2n) is 6.50. The molecule has 0 aromatic heterocycles. The van der Waals surface area contributed by atoms with Gasteiger partial charge >= 0.3 is 0 Å². The second kappa shape index (κ2) is 6.59. The lowest BCUT2D eigenvalue weighted by Crippen LogP contribution is -2.30. The van der Waals surface area contributed by atoms with Gasteiger partial charge in [0.2, 0.25) is 15.9 Å². The van der Waals surface area contributed by atoms with Gasteiger partial charge in [-0.15, -0.1) is 0 Å². The van der Waals surface area contributed by atoms with Gasteiger partial charge in [-0.25, -0.2) is 13.1 Å². The molecule has 7 heteroatoms. The molecule has 2 fully saturated rings. The van der Waals surface area contributed by atoms with E-state index < -0.39 is 10.0 Å². The number of aryl methyl sites for hydroxylation is 1. The van der Waals surface area contributed by atoms with Crippen molar-refractivity contribution in [3.05, 3.63) is 23.8 Å². The van der Waals surface area contributed by atoms with Crippen LogP contribution in [0, 0.1) is 12.8 Å². The Morgan fingerprint density at radius 3 is 2.61 bits per heavy atom. The number of benzene rings is 1. The van der Waals surface area contributed by atoms with Crippen LogP contribution in [0.4, 0.5) is 5.69 Å². The zero-order chi connectivity index (χ0) is 16.4. The number of hydrogen-bond acceptors (Lipinski definition) is 4. The fraction of sp³-hybridized carbons (Fsp3) is 0.562. The predicted molar refractivity (Wildman–Crippen MR) is 88.7 cm³/mol. The summed E-state index contributed by atoms with van der Waals surface area (Å²) in [7, 11) is -3.52. The first-order valence-electron chi connectivity index (χ1n) is 8.07. The first kappa shape index (κ1) is 16.4. The molecule has 2 aliphatic rings. The molecule has 0 aliphatic heterocycles. The zero-order valence-corrected chi connectivity index (χ0v) is 14.1. The Balaban J connectivity index is 1.62. The van der Waals surface area contributed by atoms with E-state index in [1.165, 1.54) is 18.9 Å². The Kier molecular flexibility index (Phi) is 4.70. The third-order valence-corrected chi connectivity index (χ3v) is 5.74. The maximum atomic E-state index is 12.4. The molecule has 2 aliphatic carbocycles. The topological polar surface area (TPSA) is 87.3 Å². The van der Waals surface area contributed by atoms with Crippen molar-refractivity contribution in [2.45, 2.75) is 43.5 Å². The number of nitrogens with one attached hydrogen (secondary N) is 3. The van der Waals surface area contributed by atoms with E-state index in [4.69, 9.17) is 0 Å². The summed E-state index contributed by atoms with van der Waals surface area (Å²) in [4.78, 5) is 12.1. The third kappa shape index (κ3) is 4.76. The molecule has 0 spiro atoms. The van der Waals surface area contributed by atoms with Crippen molar-refractivity contribution in [3.63, 3.8) is 0 Å². The van der Waals surface area contributed by atoms with Gasteiger partial charge in [0.1, 0.15) is 0 Å². The molecule has 1 aromatic rings. The SMILES string of the molecule is Cc1ccc(NC(=O)CNCC2CC2)cc1S(=O)(=O)NC1CC1. The molecule has 3 rings (SSSR count). The van der Waals surface area contributed by atoms with Crippen LogP contribution in [0.2, 0.25) is 0 Å². The normalized spacial score (nSPS) is 18.0. The molecule has 6 nitrogen and oxygen atoms in total. The van der Waals surface area contributed by atoms with Crippen molar-refractivity contribution < 1.29 is 13.2 Å². The van der Waals surface area contributed by atoms with Crippen LogP contribution in [0.1, 0.15) is 31.2 Å². The Hall–Kier alpha value is -1.44. The van der Waals surface area contributed by atoms with E-state index in [1.54, 1.807) is 19.1 Å². The van der Waals surface area contributed by atoms with E-state index in [1.807, 2.05) is 0 Å². The van der Waals surface area contributed by atoms with Gasteiger partial charge in [-0.1, -0.05) is 6.07 Å². The van der Waals surface area contributed by atoms with Crippen LogP contribution in [0.5, 0.6) is 0 Å². The molecule has 0 radical (unpaired) electrons. The van der Waals surface area contributed by atoms with Gasteiger partial charge in [0.05, 0.1) is 11.4 Å². The number of carbonyl (C=O) groups excluding carboxylic acids is 1. The summed E-state index contributed by atoms with van der Waals surface area (Å²) in [6.45, 7) is 2.86. The first-order valence-corrected chi connectivity index (χ1v) is 9.56. The number of rotatable bonds is 8. The summed E-state index contributed by atoms with van der Waals surface area (Å²) < 4.78 is 27.4. The highest BCUT2D eigenvalue weighted by Gasteiger charge is 2.29. The van der Waals surface area contributed by atoms with Gasteiger partial charge in [0, 0.05) is 11.7 Å². The maximum absolute atomic E-state index is 12.4. The smallest absolute Gasteiger partial charge is 0.241 e. The summed E-state index contributed by atoms with van der Waals surface area (Å²) in [5.41, 5.74) is 1.17. The van der Waals surface area contributed by atoms with Gasteiger partial charge in [0.15, 0.2) is 0 Å². The third-order valence-electron chi connectivity index (χ3n) is 4.08. The highest BCUT2D eigenvalue weighted by atomic mass is 32.2. The minimum absolute atomic E-state index is 0.0595. The number of anilines is 1. The molecule has 1 aromatic carbocycles. The van der Waals surface area contributed by atoms with E-state index in [9.17, 15) is 13.2 Å². The van der Waals surface area contributed by atoms with Crippen molar-refractivity contribution in [2.75, 3.05) is 18.4 Å². The fourth-order valence-electron chi connectivity index (χ4n) is 2.37. The molecule has 0 atom stereocenters. The highest BCUT2D eigenvalue weighted by molar-refractivity contribution is 7.89. The van der Waals surface area contributed by atoms with Gasteiger partial charge in [0.25, 0.3) is 0 Å². The molecule has 0 heterocycles. The van der Waals surface area contributed by atoms with Gasteiger partial charge in [-0.05, 0) is 62.8 Å². The molecular weight excluding hydrogens is 314 g/mol. The van der Waals surface area contributed by atoms with E-state index in [-0.39, 0.29) is 23.4 Å². The van der Waals surface area contributed by atoms with Crippen molar-refractivity contribution >= 4 is 21.6 Å². The summed E-state index contributed by atoms with van der Waals surface area (Å²) in [6, 6.07) is 5.03. The molecule has 1 amide bonds. The molecule has 2 saturated carbocycles. The predicted octanol–water partition coefficient (Wildman–Crippen LogP) is 1.37. The minimum Gasteiger partial charge on any atom is -0.325 e. The average molecular weight is 337 g/mol. The quantitative estimate of drug-likeness (QED) is 0.669. The van der Waals surface area contributed by atoms with Crippen LogP contribution in [0.15, 0.2) is 23.1 Å². The second-order valence-corrected chi connectivity index (χ2v) is 8.18. The lowest BCUT2D eigenvalue weighted by atomic mass is 10.2. The Labute approximate surface area is 137 Å². The summed E-state index contributed by atoms with van der Waals surface area (Å²) in [5, 5.41) is 5.87. The Bertz CT molecular complexity index is 695. The molecule has 3 N–H and O–H groups in total. The largest absolute Gasteiger partial charge is 0.325 e. The van der Waals surface area contributed by atoms with Crippen molar-refractivity contribution in [1.29, 1.82) is 0 Å². The van der Waals surface area contributed by atoms with E-state index in [0.29, 0.717) is 17.2 Å². The van der Waals surface area contributed by atoms with Crippen molar-refractivity contribution in [2.24, 2.45) is 5.92 Å². The summed E-state index contributed by atoms with van der Waals surface area (Å²) in [5.74, 6) is 0.556. The van der Waals surface area contributed by atoms with Crippen LogP contribution in [-0.2, 0) is 14.8 Å². The van der Waals surface area contributed by atoms with Crippen LogP contribution in [0.3, 0.4) is 0 Å². The fourth-order valence-corrected chi connectivity index (χ4v) is 3.94. The van der Waals surface area contributed by atoms with Crippen LogP contribution in [0.25, 0.3) is 0 Å². The van der Waals surface area contributed by atoms with Crippen molar-refractivity contribution in [3.8, 4) is 0 Å². The molecular formula is C16H23N3O3S. The molecule has 126 valence electrons. The number of amides is 1. The number of carbonyl (C=O) groups is 1. The Morgan fingerprint density at radius 1 is 1.22 bits per heavy atom. The first-order chi connectivity index (χ1) is 10.9. The maximum Gasteiger partial charge on any atom is 0.241 e. The van der Waals surface area contributed by atoms with Crippen LogP contribution in [-0.4, -0.2) is 33.5 Å². The standard InChI is InChI=1S/C16H23N3O3S/c1-11-2-5-14(18-16(20)10-17-9-12-3-4-12)8-15(11)23(21,22)19-13-6-7-13/h2,5,8,12-13,17,19H,3-4,6-7,9-10H2,1H3,(H,18,20). The Morgan fingerprint density at radius 2 is 1.96 bits per heavy atom. The molecule has 0 unspecified atom stereocenters. The lowest BCUT2D eigenvalue weighted by Gasteiger charge is -2.12. The monoisotopic (exact) mass is 337 g/mol. The summed E-state index contributed by atoms with van der Waals surface area (Å²) >= 11 is 0. The zero-order valence-electron chi connectivity index (χ0n) is 13.3. The van der Waals surface area contributed by atoms with Gasteiger partial charge in [-0.3, -0.25) is 4.79 Å². The number of hydrogen-bond donors (Lipinski definition) is 3. The van der Waals surface area contributed by atoms with Crippen molar-refractivity contribution in [1.82, 2.24) is 10.0 Å². The summed E-state index contributed by atoms with van der Waals surface area (Å²) in [6.07, 6.45) is 4.26. The van der Waals surface area contributed by atoms with E-state index >= 15 is 0 Å². The van der Waals surface area contributed by atoms with E-state index in [0.717, 1.165) is 19.4 Å².